The number of hydrogen-bond donors (Lipinski definition) is 3. The molecule has 4 rings (SSSR count). The van der Waals surface area contributed by atoms with Crippen LogP contribution in [0.4, 0.5) is 13.2 Å². The molecule has 234 valence electrons. The summed E-state index contributed by atoms with van der Waals surface area (Å²) in [7, 11) is 0. The van der Waals surface area contributed by atoms with E-state index < -0.39 is 78.2 Å². The first-order chi connectivity index (χ1) is 20.2. The Morgan fingerprint density at radius 3 is 2.58 bits per heavy atom. The van der Waals surface area contributed by atoms with Gasteiger partial charge in [0, 0.05) is 11.6 Å². The Hall–Kier alpha value is -2.78. The van der Waals surface area contributed by atoms with Crippen molar-refractivity contribution in [3.63, 3.8) is 0 Å². The highest BCUT2D eigenvalue weighted by atomic mass is 35.5. The molecule has 43 heavy (non-hydrogen) atoms. The molecule has 6 atom stereocenters. The van der Waals surface area contributed by atoms with E-state index in [9.17, 15) is 28.3 Å². The summed E-state index contributed by atoms with van der Waals surface area (Å²) in [4.78, 5) is 38.3. The van der Waals surface area contributed by atoms with Crippen molar-refractivity contribution in [1.82, 2.24) is 14.6 Å². The summed E-state index contributed by atoms with van der Waals surface area (Å²) >= 11 is 11.4. The van der Waals surface area contributed by atoms with Gasteiger partial charge >= 0.3 is 18.3 Å². The standard InChI is InChI=1S/C26H28ClF3N3O8PS/c1-13(2)39-23(36)14(3)32-42(43,41-18-10-6-8-15-7-4-5-9-16(15)18)38-12-26(24(29)30)20(34)19(28)22(40-26)33-11-17(27)21(35)31-25(33)37/h4-11,13-14,19-20,22,24,34H,12H2,1-3H3,(H,32,43)(H,31,35,37)/t14-,19-,20-,22+,26+,42?/m0/s1. The number of esters is 1. The van der Waals surface area contributed by atoms with Crippen LogP contribution >= 0.6 is 18.2 Å². The molecule has 0 amide bonds. The highest BCUT2D eigenvalue weighted by molar-refractivity contribution is 8.09. The fourth-order valence-electron chi connectivity index (χ4n) is 4.31. The van der Waals surface area contributed by atoms with E-state index >= 15 is 4.39 Å². The molecule has 0 aliphatic carbocycles. The number of fused-ring (bicyclic) bond motifs is 1. The van der Waals surface area contributed by atoms with Crippen LogP contribution in [0.25, 0.3) is 10.8 Å². The van der Waals surface area contributed by atoms with E-state index in [0.717, 1.165) is 5.39 Å². The maximum Gasteiger partial charge on any atom is 0.330 e. The number of aromatic nitrogens is 2. The molecule has 0 saturated carbocycles. The second-order valence-electron chi connectivity index (χ2n) is 9.97. The van der Waals surface area contributed by atoms with Crippen LogP contribution in [0.5, 0.6) is 5.75 Å². The molecule has 1 aliphatic rings. The Morgan fingerprint density at radius 2 is 1.91 bits per heavy atom. The minimum Gasteiger partial charge on any atom is -0.462 e. The second kappa shape index (κ2) is 13.1. The highest BCUT2D eigenvalue weighted by Crippen LogP contribution is 2.50. The van der Waals surface area contributed by atoms with Crippen molar-refractivity contribution in [2.75, 3.05) is 6.61 Å². The third kappa shape index (κ3) is 6.98. The highest BCUT2D eigenvalue weighted by Gasteiger charge is 2.62. The molecule has 1 saturated heterocycles. The van der Waals surface area contributed by atoms with Gasteiger partial charge in [0.05, 0.1) is 12.7 Å². The summed E-state index contributed by atoms with van der Waals surface area (Å²) < 4.78 is 67.3. The zero-order valence-corrected chi connectivity index (χ0v) is 25.4. The molecular formula is C26H28ClF3N3O8PS. The smallest absolute Gasteiger partial charge is 0.330 e. The molecule has 3 aromatic rings. The summed E-state index contributed by atoms with van der Waals surface area (Å²) in [6.07, 6.45) is -10.6. The van der Waals surface area contributed by atoms with Crippen LogP contribution in [0.2, 0.25) is 5.02 Å². The first-order valence-corrected chi connectivity index (χ1v) is 15.9. The molecule has 1 unspecified atom stereocenters. The van der Waals surface area contributed by atoms with Crippen molar-refractivity contribution < 1.29 is 41.6 Å². The summed E-state index contributed by atoms with van der Waals surface area (Å²) in [5, 5.41) is 14.2. The zero-order chi connectivity index (χ0) is 31.7. The summed E-state index contributed by atoms with van der Waals surface area (Å²) in [6.45, 7) is -0.594. The Morgan fingerprint density at radius 1 is 1.23 bits per heavy atom. The fourth-order valence-corrected chi connectivity index (χ4v) is 6.89. The lowest BCUT2D eigenvalue weighted by molar-refractivity contribution is -0.192. The van der Waals surface area contributed by atoms with Crippen molar-refractivity contribution >= 4 is 46.8 Å². The number of alkyl halides is 3. The fraction of sp³-hybridized carbons (Fsp3) is 0.423. The topological polar surface area (TPSA) is 141 Å². The summed E-state index contributed by atoms with van der Waals surface area (Å²) in [5.74, 6) is -0.554. The Bertz CT molecular complexity index is 1650. The van der Waals surface area contributed by atoms with Crippen molar-refractivity contribution in [3.8, 4) is 5.75 Å². The monoisotopic (exact) mass is 665 g/mol. The molecule has 1 fully saturated rings. The van der Waals surface area contributed by atoms with Gasteiger partial charge in [-0.15, -0.1) is 0 Å². The molecule has 2 aromatic carbocycles. The Labute approximate surface area is 253 Å². The molecule has 0 spiro atoms. The number of aliphatic hydroxyl groups is 1. The number of carbonyl (C=O) groups is 1. The van der Waals surface area contributed by atoms with Gasteiger partial charge in [0.1, 0.15) is 22.9 Å². The van der Waals surface area contributed by atoms with Gasteiger partial charge in [0.25, 0.3) is 12.0 Å². The molecule has 2 heterocycles. The number of aromatic amines is 1. The van der Waals surface area contributed by atoms with Crippen LogP contribution in [0.15, 0.2) is 58.3 Å². The van der Waals surface area contributed by atoms with Gasteiger partial charge in [-0.05, 0) is 44.0 Å². The van der Waals surface area contributed by atoms with E-state index in [1.165, 1.54) is 6.92 Å². The van der Waals surface area contributed by atoms with Gasteiger partial charge in [-0.25, -0.2) is 23.1 Å². The number of halogens is 4. The lowest BCUT2D eigenvalue weighted by Crippen LogP contribution is -2.52. The molecule has 3 N–H and O–H groups in total. The molecule has 1 aromatic heterocycles. The normalized spacial score (nSPS) is 24.3. The van der Waals surface area contributed by atoms with Gasteiger partial charge in [-0.2, -0.15) is 0 Å². The first-order valence-electron chi connectivity index (χ1n) is 12.9. The van der Waals surface area contributed by atoms with E-state index in [-0.39, 0.29) is 5.75 Å². The number of ether oxygens (including phenoxy) is 2. The minimum atomic E-state index is -4.00. The van der Waals surface area contributed by atoms with Crippen molar-refractivity contribution in [2.45, 2.75) is 63.4 Å². The van der Waals surface area contributed by atoms with Crippen molar-refractivity contribution in [3.05, 3.63) is 74.5 Å². The van der Waals surface area contributed by atoms with Crippen LogP contribution < -0.4 is 20.9 Å². The molecule has 0 radical (unpaired) electrons. The zero-order valence-electron chi connectivity index (χ0n) is 22.9. The lowest BCUT2D eigenvalue weighted by Gasteiger charge is -2.34. The number of rotatable bonds is 11. The molecule has 1 aliphatic heterocycles. The summed E-state index contributed by atoms with van der Waals surface area (Å²) in [6, 6.07) is 10.9. The number of nitrogens with one attached hydrogen (secondary N) is 2. The Balaban J connectivity index is 1.69. The molecular weight excluding hydrogens is 638 g/mol. The van der Waals surface area contributed by atoms with Crippen molar-refractivity contribution in [1.29, 1.82) is 0 Å². The van der Waals surface area contributed by atoms with Gasteiger partial charge in [-0.3, -0.25) is 19.1 Å². The van der Waals surface area contributed by atoms with Crippen molar-refractivity contribution in [2.24, 2.45) is 0 Å². The first kappa shape index (κ1) is 33.1. The van der Waals surface area contributed by atoms with Crippen LogP contribution in [0.3, 0.4) is 0 Å². The van der Waals surface area contributed by atoms with E-state index in [0.29, 0.717) is 16.2 Å². The van der Waals surface area contributed by atoms with E-state index in [2.05, 4.69) is 5.09 Å². The number of carbonyl (C=O) groups excluding carboxylic acids is 1. The molecule has 17 heteroatoms. The number of aliphatic hydroxyl groups excluding tert-OH is 1. The summed E-state index contributed by atoms with van der Waals surface area (Å²) in [5.41, 5.74) is -5.28. The van der Waals surface area contributed by atoms with Crippen LogP contribution in [0.1, 0.15) is 27.0 Å². The predicted octanol–water partition coefficient (Wildman–Crippen LogP) is 3.82. The largest absolute Gasteiger partial charge is 0.462 e. The van der Waals surface area contributed by atoms with Gasteiger partial charge in [-0.1, -0.05) is 48.0 Å². The number of nitrogens with zero attached hydrogens (tertiary/aromatic N) is 1. The minimum absolute atomic E-state index is 0.188. The second-order valence-corrected chi connectivity index (χ2v) is 13.5. The number of benzene rings is 2. The maximum atomic E-state index is 15.3. The molecule has 0 bridgehead atoms. The third-order valence-electron chi connectivity index (χ3n) is 6.47. The van der Waals surface area contributed by atoms with Crippen LogP contribution in [0, 0.1) is 0 Å². The quantitative estimate of drug-likeness (QED) is 0.205. The average molecular weight is 666 g/mol. The number of H-pyrrole nitrogens is 1. The maximum absolute atomic E-state index is 15.3. The van der Waals surface area contributed by atoms with Gasteiger partial charge < -0.3 is 23.6 Å². The van der Waals surface area contributed by atoms with Crippen LogP contribution in [-0.4, -0.2) is 63.7 Å². The Kier molecular flexibility index (Phi) is 10.1. The molecule has 11 nitrogen and oxygen atoms in total. The van der Waals surface area contributed by atoms with E-state index in [4.69, 9.17) is 41.9 Å². The van der Waals surface area contributed by atoms with E-state index in [1.54, 1.807) is 56.3 Å². The SMILES string of the molecule is CC(C)OC(=O)[C@H](C)NP(=S)(OC[C@@]1(C(F)F)O[C@@H](n2cc(Cl)c(=O)[nH]c2=O)[C@@H](F)[C@@H]1O)Oc1cccc2ccccc12. The lowest BCUT2D eigenvalue weighted by atomic mass is 9.97. The van der Waals surface area contributed by atoms with Crippen LogP contribution in [-0.2, 0) is 30.6 Å². The van der Waals surface area contributed by atoms with Gasteiger partial charge in [0.15, 0.2) is 18.0 Å². The van der Waals surface area contributed by atoms with Gasteiger partial charge in [0.2, 0.25) is 0 Å². The van der Waals surface area contributed by atoms with E-state index in [1.807, 2.05) is 4.98 Å². The average Bonchev–Trinajstić information content (AvgIpc) is 3.20. The predicted molar refractivity (Wildman–Crippen MR) is 155 cm³/mol. The number of hydrogen-bond acceptors (Lipinski definition) is 9. The third-order valence-corrected chi connectivity index (χ3v) is 9.20.